The Hall–Kier alpha value is -4.39. The van der Waals surface area contributed by atoms with Gasteiger partial charge >= 0.3 is 5.97 Å². The number of carbonyl (C=O) groups excluding carboxylic acids is 2. The zero-order chi connectivity index (χ0) is 25.3. The molecule has 4 rings (SSSR count). The monoisotopic (exact) mass is 471 g/mol. The number of aliphatic hydroxyl groups excluding tert-OH is 1. The lowest BCUT2D eigenvalue weighted by Gasteiger charge is -2.26. The third-order valence-electron chi connectivity index (χ3n) is 6.17. The van der Waals surface area contributed by atoms with Crippen molar-refractivity contribution in [2.75, 3.05) is 7.11 Å². The molecule has 0 radical (unpaired) electrons. The number of ketones is 1. The molecule has 7 nitrogen and oxygen atoms in total. The predicted molar refractivity (Wildman–Crippen MR) is 130 cm³/mol. The number of carboxylic acids is 1. The van der Waals surface area contributed by atoms with Crippen LogP contribution in [0.15, 0.2) is 72.3 Å². The Morgan fingerprint density at radius 1 is 0.943 bits per heavy atom. The molecule has 35 heavy (non-hydrogen) atoms. The fourth-order valence-corrected chi connectivity index (χ4v) is 4.26. The van der Waals surface area contributed by atoms with Gasteiger partial charge in [0, 0.05) is 12.1 Å². The van der Waals surface area contributed by atoms with Crippen LogP contribution in [0.2, 0.25) is 0 Å². The van der Waals surface area contributed by atoms with E-state index >= 15 is 0 Å². The molecule has 0 bridgehead atoms. The summed E-state index contributed by atoms with van der Waals surface area (Å²) in [5.74, 6) is -2.17. The standard InChI is InChI=1S/C28H25NO6/c1-16-4-5-17(2)22(14-16)25(30)23-24(19-10-12-21(35-3)13-11-19)29(27(32)26(23)31)15-18-6-8-20(9-7-18)28(33)34/h4-14,24,30H,15H2,1-3H3,(H,33,34)/b25-23+. The minimum atomic E-state index is -1.05. The average molecular weight is 472 g/mol. The summed E-state index contributed by atoms with van der Waals surface area (Å²) < 4.78 is 5.24. The van der Waals surface area contributed by atoms with Gasteiger partial charge in [0.15, 0.2) is 0 Å². The Morgan fingerprint density at radius 2 is 1.60 bits per heavy atom. The number of benzene rings is 3. The lowest BCUT2D eigenvalue weighted by Crippen LogP contribution is -2.29. The van der Waals surface area contributed by atoms with Gasteiger partial charge in [0.2, 0.25) is 0 Å². The predicted octanol–water partition coefficient (Wildman–Crippen LogP) is 4.63. The van der Waals surface area contributed by atoms with E-state index in [4.69, 9.17) is 9.84 Å². The smallest absolute Gasteiger partial charge is 0.335 e. The van der Waals surface area contributed by atoms with E-state index in [0.29, 0.717) is 22.4 Å². The van der Waals surface area contributed by atoms with Crippen molar-refractivity contribution in [2.45, 2.75) is 26.4 Å². The van der Waals surface area contributed by atoms with Crippen LogP contribution >= 0.6 is 0 Å². The summed E-state index contributed by atoms with van der Waals surface area (Å²) in [6, 6.07) is 17.8. The highest BCUT2D eigenvalue weighted by atomic mass is 16.5. The second-order valence-electron chi connectivity index (χ2n) is 8.52. The molecular weight excluding hydrogens is 446 g/mol. The Bertz CT molecular complexity index is 1340. The molecule has 3 aromatic carbocycles. The van der Waals surface area contributed by atoms with Crippen molar-refractivity contribution in [3.05, 3.63) is 106 Å². The molecule has 1 amide bonds. The van der Waals surface area contributed by atoms with E-state index in [2.05, 4.69) is 0 Å². The lowest BCUT2D eigenvalue weighted by atomic mass is 9.93. The number of carbonyl (C=O) groups is 3. The molecule has 2 N–H and O–H groups in total. The van der Waals surface area contributed by atoms with Crippen molar-refractivity contribution in [1.29, 1.82) is 0 Å². The van der Waals surface area contributed by atoms with Crippen molar-refractivity contribution in [3.63, 3.8) is 0 Å². The van der Waals surface area contributed by atoms with E-state index in [1.165, 1.54) is 17.0 Å². The Labute approximate surface area is 202 Å². The molecule has 1 heterocycles. The summed E-state index contributed by atoms with van der Waals surface area (Å²) >= 11 is 0. The topological polar surface area (TPSA) is 104 Å². The van der Waals surface area contributed by atoms with Gasteiger partial charge in [-0.25, -0.2) is 4.79 Å². The number of Topliss-reactive ketones (excluding diaryl/α,β-unsaturated/α-hetero) is 1. The number of hydrogen-bond acceptors (Lipinski definition) is 5. The first-order valence-corrected chi connectivity index (χ1v) is 11.0. The fraction of sp³-hybridized carbons (Fsp3) is 0.179. The van der Waals surface area contributed by atoms with Crippen molar-refractivity contribution >= 4 is 23.4 Å². The molecule has 1 aliphatic rings. The second kappa shape index (κ2) is 9.46. The zero-order valence-corrected chi connectivity index (χ0v) is 19.6. The van der Waals surface area contributed by atoms with Crippen molar-refractivity contribution in [2.24, 2.45) is 0 Å². The maximum absolute atomic E-state index is 13.3. The largest absolute Gasteiger partial charge is 0.507 e. The number of aryl methyl sites for hydroxylation is 2. The minimum Gasteiger partial charge on any atom is -0.507 e. The van der Waals surface area contributed by atoms with Gasteiger partial charge < -0.3 is 19.8 Å². The maximum Gasteiger partial charge on any atom is 0.335 e. The van der Waals surface area contributed by atoms with E-state index in [1.54, 1.807) is 49.6 Å². The quantitative estimate of drug-likeness (QED) is 0.309. The second-order valence-corrected chi connectivity index (χ2v) is 8.52. The molecule has 1 unspecified atom stereocenters. The summed E-state index contributed by atoms with van der Waals surface area (Å²) in [5, 5.41) is 20.5. The third-order valence-corrected chi connectivity index (χ3v) is 6.17. The Kier molecular flexibility index (Phi) is 6.42. The molecule has 0 saturated carbocycles. The summed E-state index contributed by atoms with van der Waals surface area (Å²) in [5.41, 5.74) is 3.60. The highest BCUT2D eigenvalue weighted by Gasteiger charge is 2.46. The molecular formula is C28H25NO6. The number of amides is 1. The molecule has 1 atom stereocenters. The number of nitrogens with zero attached hydrogens (tertiary/aromatic N) is 1. The van der Waals surface area contributed by atoms with Crippen LogP contribution in [0.1, 0.15) is 44.2 Å². The highest BCUT2D eigenvalue weighted by Crippen LogP contribution is 2.41. The zero-order valence-electron chi connectivity index (χ0n) is 19.6. The van der Waals surface area contributed by atoms with Gasteiger partial charge in [-0.05, 0) is 60.9 Å². The van der Waals surface area contributed by atoms with E-state index in [0.717, 1.165) is 11.1 Å². The minimum absolute atomic E-state index is 0.0102. The van der Waals surface area contributed by atoms with Crippen LogP contribution in [-0.4, -0.2) is 39.9 Å². The summed E-state index contributed by atoms with van der Waals surface area (Å²) in [7, 11) is 1.54. The SMILES string of the molecule is COc1ccc(C2/C(=C(\O)c3cc(C)ccc3C)C(=O)C(=O)N2Cc2ccc(C(=O)O)cc2)cc1. The van der Waals surface area contributed by atoms with E-state index in [9.17, 15) is 19.5 Å². The van der Waals surface area contributed by atoms with Crippen LogP contribution in [0.3, 0.4) is 0 Å². The number of rotatable bonds is 6. The molecule has 0 spiro atoms. The van der Waals surface area contributed by atoms with Crippen LogP contribution in [-0.2, 0) is 16.1 Å². The van der Waals surface area contributed by atoms with Crippen molar-refractivity contribution < 1.29 is 29.3 Å². The number of aromatic carboxylic acids is 1. The summed E-state index contributed by atoms with van der Waals surface area (Å²) in [6.45, 7) is 3.78. The average Bonchev–Trinajstić information content (AvgIpc) is 3.10. The van der Waals surface area contributed by atoms with Gasteiger partial charge in [0.1, 0.15) is 11.5 Å². The first kappa shape index (κ1) is 23.8. The molecule has 178 valence electrons. The van der Waals surface area contributed by atoms with Gasteiger partial charge in [0.05, 0.1) is 24.3 Å². The van der Waals surface area contributed by atoms with Crippen LogP contribution in [0, 0.1) is 13.8 Å². The summed E-state index contributed by atoms with van der Waals surface area (Å²) in [4.78, 5) is 39.0. The van der Waals surface area contributed by atoms with Crippen molar-refractivity contribution in [3.8, 4) is 5.75 Å². The van der Waals surface area contributed by atoms with Gasteiger partial charge in [-0.15, -0.1) is 0 Å². The molecule has 7 heteroatoms. The van der Waals surface area contributed by atoms with Crippen molar-refractivity contribution in [1.82, 2.24) is 4.90 Å². The first-order valence-electron chi connectivity index (χ1n) is 11.0. The number of carboxylic acid groups (broad SMARTS) is 1. The van der Waals surface area contributed by atoms with Gasteiger partial charge in [-0.2, -0.15) is 0 Å². The van der Waals surface area contributed by atoms with Gasteiger partial charge in [-0.1, -0.05) is 42.0 Å². The van der Waals surface area contributed by atoms with Crippen LogP contribution in [0.4, 0.5) is 0 Å². The number of hydrogen-bond donors (Lipinski definition) is 2. The first-order chi connectivity index (χ1) is 16.7. The third kappa shape index (κ3) is 4.53. The van der Waals surface area contributed by atoms with E-state index in [-0.39, 0.29) is 23.4 Å². The number of methoxy groups -OCH3 is 1. The molecule has 1 saturated heterocycles. The summed E-state index contributed by atoms with van der Waals surface area (Å²) in [6.07, 6.45) is 0. The molecule has 1 fully saturated rings. The van der Waals surface area contributed by atoms with Crippen LogP contribution in [0.25, 0.3) is 5.76 Å². The van der Waals surface area contributed by atoms with Gasteiger partial charge in [0.25, 0.3) is 11.7 Å². The molecule has 1 aliphatic heterocycles. The number of likely N-dealkylation sites (tertiary alicyclic amines) is 1. The number of aliphatic hydroxyl groups is 1. The van der Waals surface area contributed by atoms with E-state index in [1.807, 2.05) is 26.0 Å². The fourth-order valence-electron chi connectivity index (χ4n) is 4.26. The normalized spacial score (nSPS) is 17.0. The highest BCUT2D eigenvalue weighted by molar-refractivity contribution is 6.46. The Balaban J connectivity index is 1.85. The van der Waals surface area contributed by atoms with Crippen LogP contribution in [0.5, 0.6) is 5.75 Å². The van der Waals surface area contributed by atoms with Crippen LogP contribution < -0.4 is 4.74 Å². The number of ether oxygens (including phenoxy) is 1. The molecule has 0 aromatic heterocycles. The Morgan fingerprint density at radius 3 is 2.20 bits per heavy atom. The lowest BCUT2D eigenvalue weighted by molar-refractivity contribution is -0.140. The van der Waals surface area contributed by atoms with Gasteiger partial charge in [-0.3, -0.25) is 9.59 Å². The van der Waals surface area contributed by atoms with E-state index < -0.39 is 23.7 Å². The maximum atomic E-state index is 13.3. The molecule has 3 aromatic rings. The molecule has 0 aliphatic carbocycles.